The highest BCUT2D eigenvalue weighted by Gasteiger charge is 2.40. The minimum Gasteiger partial charge on any atom is -0.481 e. The third-order valence-electron chi connectivity index (χ3n) is 4.73. The van der Waals surface area contributed by atoms with Crippen LogP contribution >= 0.6 is 0 Å². The number of likely N-dealkylation sites (tertiary alicyclic amines) is 1. The van der Waals surface area contributed by atoms with Gasteiger partial charge in [-0.25, -0.2) is 4.39 Å². The van der Waals surface area contributed by atoms with Crippen molar-refractivity contribution in [1.29, 1.82) is 0 Å². The van der Waals surface area contributed by atoms with Gasteiger partial charge in [0.05, 0.1) is 25.7 Å². The number of hydrogen-bond donors (Lipinski definition) is 1. The number of carbonyl (C=O) groups excluding carboxylic acids is 1. The summed E-state index contributed by atoms with van der Waals surface area (Å²) < 4.78 is 18.7. The first kappa shape index (κ1) is 16.9. The van der Waals surface area contributed by atoms with E-state index >= 15 is 0 Å². The zero-order valence-electron chi connectivity index (χ0n) is 13.4. The molecule has 1 aromatic carbocycles. The van der Waals surface area contributed by atoms with E-state index < -0.39 is 17.7 Å². The molecule has 1 amide bonds. The van der Waals surface area contributed by atoms with Crippen LogP contribution in [0, 0.1) is 11.7 Å². The molecule has 2 saturated heterocycles. The van der Waals surface area contributed by atoms with Crippen LogP contribution in [0.2, 0.25) is 0 Å². The zero-order valence-corrected chi connectivity index (χ0v) is 13.4. The molecule has 0 spiro atoms. The molecule has 0 saturated carbocycles. The predicted molar refractivity (Wildman–Crippen MR) is 84.1 cm³/mol. The molecule has 2 fully saturated rings. The molecule has 1 aromatic rings. The van der Waals surface area contributed by atoms with Crippen molar-refractivity contribution in [3.63, 3.8) is 0 Å². The number of ether oxygens (including phenoxy) is 1. The average Bonchev–Trinajstić information content (AvgIpc) is 3.01. The molecule has 0 aromatic heterocycles. The van der Waals surface area contributed by atoms with Crippen molar-refractivity contribution in [3.8, 4) is 0 Å². The minimum absolute atomic E-state index is 0.0814. The molecule has 0 unspecified atom stereocenters. The van der Waals surface area contributed by atoms with Gasteiger partial charge in [-0.15, -0.1) is 0 Å². The number of rotatable bonds is 4. The maximum atomic E-state index is 13.5. The van der Waals surface area contributed by atoms with Gasteiger partial charge in [-0.2, -0.15) is 0 Å². The molecule has 7 heteroatoms. The van der Waals surface area contributed by atoms with Crippen molar-refractivity contribution < 1.29 is 23.8 Å². The lowest BCUT2D eigenvalue weighted by molar-refractivity contribution is -0.142. The van der Waals surface area contributed by atoms with Gasteiger partial charge in [0.1, 0.15) is 5.82 Å². The Hall–Kier alpha value is -1.99. The average molecular weight is 336 g/mol. The third-order valence-corrected chi connectivity index (χ3v) is 4.73. The summed E-state index contributed by atoms with van der Waals surface area (Å²) in [5.74, 6) is -2.52. The zero-order chi connectivity index (χ0) is 17.1. The maximum absolute atomic E-state index is 13.5. The largest absolute Gasteiger partial charge is 0.481 e. The van der Waals surface area contributed by atoms with Gasteiger partial charge in [-0.05, 0) is 17.7 Å². The first-order valence-electron chi connectivity index (χ1n) is 8.11. The van der Waals surface area contributed by atoms with Crippen LogP contribution in [0.5, 0.6) is 0 Å². The van der Waals surface area contributed by atoms with Crippen LogP contribution in [0.25, 0.3) is 0 Å². The summed E-state index contributed by atoms with van der Waals surface area (Å²) in [4.78, 5) is 27.7. The van der Waals surface area contributed by atoms with E-state index in [9.17, 15) is 19.1 Å². The minimum atomic E-state index is -0.953. The Morgan fingerprint density at radius 2 is 2.00 bits per heavy atom. The number of carboxylic acid groups (broad SMARTS) is 1. The Kier molecular flexibility index (Phi) is 5.11. The molecule has 0 bridgehead atoms. The van der Waals surface area contributed by atoms with Gasteiger partial charge in [-0.1, -0.05) is 12.1 Å². The lowest BCUT2D eigenvalue weighted by atomic mass is 9.89. The second kappa shape index (κ2) is 7.27. The van der Waals surface area contributed by atoms with E-state index in [1.807, 2.05) is 4.90 Å². The number of carboxylic acids is 1. The van der Waals surface area contributed by atoms with Crippen molar-refractivity contribution in [3.05, 3.63) is 35.6 Å². The summed E-state index contributed by atoms with van der Waals surface area (Å²) in [6, 6.07) is 5.98. The van der Waals surface area contributed by atoms with E-state index in [1.165, 1.54) is 12.1 Å². The Morgan fingerprint density at radius 1 is 1.25 bits per heavy atom. The number of halogens is 1. The number of hydrogen-bond acceptors (Lipinski definition) is 4. The summed E-state index contributed by atoms with van der Waals surface area (Å²) in [5, 5.41) is 9.48. The Labute approximate surface area is 139 Å². The normalized spacial score (nSPS) is 25.0. The van der Waals surface area contributed by atoms with Crippen LogP contribution in [0.4, 0.5) is 4.39 Å². The van der Waals surface area contributed by atoms with Crippen LogP contribution in [0.3, 0.4) is 0 Å². The molecule has 1 N–H and O–H groups in total. The molecule has 2 heterocycles. The molecule has 2 aliphatic rings. The SMILES string of the molecule is O=C(O)[C@@H]1CN(C(=O)CN2CCOCC2)C[C@H]1c1cccc(F)c1. The van der Waals surface area contributed by atoms with E-state index in [0.717, 1.165) is 0 Å². The van der Waals surface area contributed by atoms with E-state index in [-0.39, 0.29) is 24.9 Å². The molecular weight excluding hydrogens is 315 g/mol. The predicted octanol–water partition coefficient (Wildman–Crippen LogP) is 0.785. The Morgan fingerprint density at radius 3 is 2.67 bits per heavy atom. The monoisotopic (exact) mass is 336 g/mol. The van der Waals surface area contributed by atoms with Gasteiger partial charge in [0, 0.05) is 32.1 Å². The smallest absolute Gasteiger partial charge is 0.308 e. The highest BCUT2D eigenvalue weighted by Crippen LogP contribution is 2.33. The van der Waals surface area contributed by atoms with Crippen LogP contribution in [-0.4, -0.2) is 72.7 Å². The van der Waals surface area contributed by atoms with Crippen molar-refractivity contribution in [2.24, 2.45) is 5.92 Å². The molecule has 130 valence electrons. The standard InChI is InChI=1S/C17H21FN2O4/c18-13-3-1-2-12(8-13)14-9-20(10-15(14)17(22)23)16(21)11-19-4-6-24-7-5-19/h1-3,8,14-15H,4-7,9-11H2,(H,22,23)/t14-,15+/m0/s1. The topological polar surface area (TPSA) is 70.1 Å². The van der Waals surface area contributed by atoms with Gasteiger partial charge in [0.2, 0.25) is 5.91 Å². The van der Waals surface area contributed by atoms with Gasteiger partial charge >= 0.3 is 5.97 Å². The fourth-order valence-corrected chi connectivity index (χ4v) is 3.38. The van der Waals surface area contributed by atoms with E-state index in [2.05, 4.69) is 0 Å². The second-order valence-electron chi connectivity index (χ2n) is 6.29. The second-order valence-corrected chi connectivity index (χ2v) is 6.29. The number of aliphatic carboxylic acids is 1. The maximum Gasteiger partial charge on any atom is 0.308 e. The van der Waals surface area contributed by atoms with Crippen molar-refractivity contribution >= 4 is 11.9 Å². The van der Waals surface area contributed by atoms with Gasteiger partial charge in [0.25, 0.3) is 0 Å². The summed E-state index contributed by atoms with van der Waals surface area (Å²) in [7, 11) is 0. The molecule has 2 aliphatic heterocycles. The molecular formula is C17H21FN2O4. The number of amides is 1. The molecule has 3 rings (SSSR count). The molecule has 24 heavy (non-hydrogen) atoms. The fourth-order valence-electron chi connectivity index (χ4n) is 3.38. The third kappa shape index (κ3) is 3.73. The number of nitrogens with zero attached hydrogens (tertiary/aromatic N) is 2. The van der Waals surface area contributed by atoms with Crippen LogP contribution in [0.1, 0.15) is 11.5 Å². The summed E-state index contributed by atoms with van der Waals surface area (Å²) in [5.41, 5.74) is 0.629. The van der Waals surface area contributed by atoms with Crippen molar-refractivity contribution in [1.82, 2.24) is 9.80 Å². The van der Waals surface area contributed by atoms with Crippen molar-refractivity contribution in [2.75, 3.05) is 45.9 Å². The summed E-state index contributed by atoms with van der Waals surface area (Å²) in [6.45, 7) is 3.37. The Balaban J connectivity index is 1.70. The quantitative estimate of drug-likeness (QED) is 0.880. The Bertz CT molecular complexity index is 618. The molecule has 2 atom stereocenters. The van der Waals surface area contributed by atoms with Crippen LogP contribution in [0.15, 0.2) is 24.3 Å². The molecule has 6 nitrogen and oxygen atoms in total. The first-order chi connectivity index (χ1) is 11.5. The van der Waals surface area contributed by atoms with E-state index in [1.54, 1.807) is 17.0 Å². The van der Waals surface area contributed by atoms with E-state index in [4.69, 9.17) is 4.74 Å². The lowest BCUT2D eigenvalue weighted by Crippen LogP contribution is -2.44. The highest BCUT2D eigenvalue weighted by atomic mass is 19.1. The lowest BCUT2D eigenvalue weighted by Gasteiger charge is -2.28. The summed E-state index contributed by atoms with van der Waals surface area (Å²) in [6.07, 6.45) is 0. The molecule has 0 radical (unpaired) electrons. The van der Waals surface area contributed by atoms with E-state index in [0.29, 0.717) is 38.4 Å². The highest BCUT2D eigenvalue weighted by molar-refractivity contribution is 5.81. The summed E-state index contributed by atoms with van der Waals surface area (Å²) >= 11 is 0. The van der Waals surface area contributed by atoms with Gasteiger partial charge < -0.3 is 14.7 Å². The fraction of sp³-hybridized carbons (Fsp3) is 0.529. The number of benzene rings is 1. The molecule has 0 aliphatic carbocycles. The number of morpholine rings is 1. The van der Waals surface area contributed by atoms with Crippen LogP contribution < -0.4 is 0 Å². The van der Waals surface area contributed by atoms with Gasteiger partial charge in [0.15, 0.2) is 0 Å². The van der Waals surface area contributed by atoms with Crippen molar-refractivity contribution in [2.45, 2.75) is 5.92 Å². The first-order valence-corrected chi connectivity index (χ1v) is 8.11. The van der Waals surface area contributed by atoms with Gasteiger partial charge in [-0.3, -0.25) is 14.5 Å². The van der Waals surface area contributed by atoms with Crippen LogP contribution in [-0.2, 0) is 14.3 Å². The number of carbonyl (C=O) groups is 2.